The first-order valence-electron chi connectivity index (χ1n) is 5.54. The van der Waals surface area contributed by atoms with Crippen molar-refractivity contribution >= 4 is 37.8 Å². The van der Waals surface area contributed by atoms with Crippen LogP contribution in [0.4, 0.5) is 0 Å². The van der Waals surface area contributed by atoms with Gasteiger partial charge in [0.1, 0.15) is 0 Å². The molecule has 0 amide bonds. The monoisotopic (exact) mass is 384 g/mol. The summed E-state index contributed by atoms with van der Waals surface area (Å²) < 4.78 is 6.58. The van der Waals surface area contributed by atoms with Gasteiger partial charge in [-0.3, -0.25) is 4.98 Å². The molecular formula is C13H10Br2N2O2. The van der Waals surface area contributed by atoms with Crippen molar-refractivity contribution in [1.29, 1.82) is 0 Å². The lowest BCUT2D eigenvalue weighted by Crippen LogP contribution is -2.10. The van der Waals surface area contributed by atoms with Crippen molar-refractivity contribution in [1.82, 2.24) is 9.97 Å². The van der Waals surface area contributed by atoms with E-state index in [1.807, 2.05) is 12.1 Å². The van der Waals surface area contributed by atoms with Gasteiger partial charge in [-0.1, -0.05) is 6.07 Å². The molecule has 0 aliphatic rings. The van der Waals surface area contributed by atoms with E-state index in [1.54, 1.807) is 24.7 Å². The molecular weight excluding hydrogens is 376 g/mol. The van der Waals surface area contributed by atoms with E-state index in [-0.39, 0.29) is 5.69 Å². The summed E-state index contributed by atoms with van der Waals surface area (Å²) in [5.41, 5.74) is 1.30. The number of hydrogen-bond donors (Lipinski definition) is 0. The van der Waals surface area contributed by atoms with Gasteiger partial charge >= 0.3 is 5.97 Å². The van der Waals surface area contributed by atoms with Gasteiger partial charge in [-0.25, -0.2) is 9.78 Å². The number of carbonyl (C=O) groups excluding carboxylic acids is 1. The van der Waals surface area contributed by atoms with Crippen molar-refractivity contribution in [3.05, 3.63) is 57.0 Å². The Hall–Kier alpha value is -1.27. The van der Waals surface area contributed by atoms with Gasteiger partial charge in [0.2, 0.25) is 0 Å². The second-order valence-electron chi connectivity index (χ2n) is 3.73. The van der Waals surface area contributed by atoms with Gasteiger partial charge < -0.3 is 4.74 Å². The lowest BCUT2D eigenvalue weighted by molar-refractivity contribution is 0.0501. The number of carbonyl (C=O) groups is 1. The Morgan fingerprint density at radius 3 is 2.84 bits per heavy atom. The fraction of sp³-hybridized carbons (Fsp3) is 0.154. The van der Waals surface area contributed by atoms with Crippen LogP contribution in [0.2, 0.25) is 0 Å². The number of rotatable bonds is 4. The zero-order chi connectivity index (χ0) is 13.7. The van der Waals surface area contributed by atoms with Crippen LogP contribution in [0.25, 0.3) is 0 Å². The average molecular weight is 386 g/mol. The molecule has 0 saturated carbocycles. The summed E-state index contributed by atoms with van der Waals surface area (Å²) in [6.45, 7) is 0.300. The minimum Gasteiger partial charge on any atom is -0.461 e. The minimum absolute atomic E-state index is 0.273. The number of pyridine rings is 2. The zero-order valence-electron chi connectivity index (χ0n) is 9.85. The predicted octanol–water partition coefficient (Wildman–Crippen LogP) is 3.40. The van der Waals surface area contributed by atoms with Crippen LogP contribution < -0.4 is 0 Å². The van der Waals surface area contributed by atoms with Crippen molar-refractivity contribution in [3.63, 3.8) is 0 Å². The van der Waals surface area contributed by atoms with Gasteiger partial charge in [-0.05, 0) is 49.6 Å². The van der Waals surface area contributed by atoms with Crippen molar-refractivity contribution in [2.75, 3.05) is 6.61 Å². The number of hydrogen-bond acceptors (Lipinski definition) is 4. The van der Waals surface area contributed by atoms with Crippen molar-refractivity contribution in [2.24, 2.45) is 0 Å². The fourth-order valence-corrected chi connectivity index (χ4v) is 2.59. The van der Waals surface area contributed by atoms with E-state index in [2.05, 4.69) is 41.8 Å². The van der Waals surface area contributed by atoms with E-state index in [9.17, 15) is 4.79 Å². The molecule has 2 aromatic heterocycles. The molecule has 0 aromatic carbocycles. The highest BCUT2D eigenvalue weighted by atomic mass is 79.9. The normalized spacial score (nSPS) is 10.2. The lowest BCUT2D eigenvalue weighted by atomic mass is 10.2. The molecule has 98 valence electrons. The van der Waals surface area contributed by atoms with E-state index in [4.69, 9.17) is 4.74 Å². The van der Waals surface area contributed by atoms with Gasteiger partial charge in [0.05, 0.1) is 11.1 Å². The SMILES string of the molecule is O=C(OCCc1cccnc1)c1ncc(Br)cc1Br. The van der Waals surface area contributed by atoms with Gasteiger partial charge in [-0.2, -0.15) is 0 Å². The molecule has 0 unspecified atom stereocenters. The largest absolute Gasteiger partial charge is 0.461 e. The molecule has 0 N–H and O–H groups in total. The molecule has 0 fully saturated rings. The standard InChI is InChI=1S/C13H10Br2N2O2/c14-10-6-11(15)12(17-8-10)13(18)19-5-3-9-2-1-4-16-7-9/h1-2,4,6-8H,3,5H2. The molecule has 4 nitrogen and oxygen atoms in total. The number of aromatic nitrogens is 2. The first-order chi connectivity index (χ1) is 9.16. The number of nitrogens with zero attached hydrogens (tertiary/aromatic N) is 2. The summed E-state index contributed by atoms with van der Waals surface area (Å²) >= 11 is 6.56. The van der Waals surface area contributed by atoms with Crippen molar-refractivity contribution < 1.29 is 9.53 Å². The Morgan fingerprint density at radius 2 is 2.16 bits per heavy atom. The van der Waals surface area contributed by atoms with Crippen LogP contribution in [0.15, 0.2) is 45.7 Å². The third-order valence-electron chi connectivity index (χ3n) is 2.35. The maximum absolute atomic E-state index is 11.8. The molecule has 0 saturated heterocycles. The lowest BCUT2D eigenvalue weighted by Gasteiger charge is -2.05. The van der Waals surface area contributed by atoms with Crippen LogP contribution >= 0.6 is 31.9 Å². The summed E-state index contributed by atoms with van der Waals surface area (Å²) in [6.07, 6.45) is 5.65. The quantitative estimate of drug-likeness (QED) is 0.757. The maximum Gasteiger partial charge on any atom is 0.358 e. The van der Waals surface area contributed by atoms with Gasteiger partial charge in [-0.15, -0.1) is 0 Å². The number of esters is 1. The highest BCUT2D eigenvalue weighted by molar-refractivity contribution is 9.11. The smallest absolute Gasteiger partial charge is 0.358 e. The highest BCUT2D eigenvalue weighted by Gasteiger charge is 2.13. The number of ether oxygens (including phenoxy) is 1. The third-order valence-corrected chi connectivity index (χ3v) is 3.39. The molecule has 19 heavy (non-hydrogen) atoms. The van der Waals surface area contributed by atoms with Crippen LogP contribution in [0.1, 0.15) is 16.1 Å². The summed E-state index contributed by atoms with van der Waals surface area (Å²) in [7, 11) is 0. The van der Waals surface area contributed by atoms with E-state index in [0.29, 0.717) is 17.5 Å². The Morgan fingerprint density at radius 1 is 1.32 bits per heavy atom. The Balaban J connectivity index is 1.91. The zero-order valence-corrected chi connectivity index (χ0v) is 13.0. The van der Waals surface area contributed by atoms with Gasteiger partial charge in [0.25, 0.3) is 0 Å². The molecule has 2 rings (SSSR count). The summed E-state index contributed by atoms with van der Waals surface area (Å²) in [5.74, 6) is -0.441. The van der Waals surface area contributed by atoms with Gasteiger partial charge in [0, 0.05) is 29.5 Å². The molecule has 0 radical (unpaired) electrons. The topological polar surface area (TPSA) is 52.1 Å². The second-order valence-corrected chi connectivity index (χ2v) is 5.50. The summed E-state index contributed by atoms with van der Waals surface area (Å²) in [4.78, 5) is 19.8. The highest BCUT2D eigenvalue weighted by Crippen LogP contribution is 2.20. The summed E-state index contributed by atoms with van der Waals surface area (Å²) in [6, 6.07) is 5.55. The first kappa shape index (κ1) is 14.1. The fourth-order valence-electron chi connectivity index (χ4n) is 1.44. The Labute approximate surface area is 127 Å². The van der Waals surface area contributed by atoms with Crippen LogP contribution in [0, 0.1) is 0 Å². The van der Waals surface area contributed by atoms with Crippen molar-refractivity contribution in [2.45, 2.75) is 6.42 Å². The minimum atomic E-state index is -0.441. The van der Waals surface area contributed by atoms with E-state index in [0.717, 1.165) is 10.0 Å². The Bertz CT molecular complexity index is 576. The van der Waals surface area contributed by atoms with E-state index >= 15 is 0 Å². The second kappa shape index (κ2) is 6.77. The number of halogens is 2. The molecule has 6 heteroatoms. The van der Waals surface area contributed by atoms with Crippen LogP contribution in [0.3, 0.4) is 0 Å². The molecule has 0 aliphatic carbocycles. The van der Waals surface area contributed by atoms with E-state index < -0.39 is 5.97 Å². The van der Waals surface area contributed by atoms with Crippen LogP contribution in [-0.2, 0) is 11.2 Å². The van der Waals surface area contributed by atoms with Crippen LogP contribution in [0.5, 0.6) is 0 Å². The predicted molar refractivity (Wildman–Crippen MR) is 77.9 cm³/mol. The van der Waals surface area contributed by atoms with Crippen molar-refractivity contribution in [3.8, 4) is 0 Å². The average Bonchev–Trinajstić information content (AvgIpc) is 2.39. The summed E-state index contributed by atoms with van der Waals surface area (Å²) in [5, 5.41) is 0. The Kier molecular flexibility index (Phi) is 5.04. The van der Waals surface area contributed by atoms with E-state index in [1.165, 1.54) is 0 Å². The third kappa shape index (κ3) is 4.11. The molecule has 0 aliphatic heterocycles. The molecule has 0 atom stereocenters. The molecule has 0 bridgehead atoms. The molecule has 2 aromatic rings. The molecule has 2 heterocycles. The molecule has 0 spiro atoms. The maximum atomic E-state index is 11.8. The van der Waals surface area contributed by atoms with Crippen LogP contribution in [-0.4, -0.2) is 22.5 Å². The van der Waals surface area contributed by atoms with Gasteiger partial charge in [0.15, 0.2) is 5.69 Å². The first-order valence-corrected chi connectivity index (χ1v) is 7.12.